The molecule has 0 aliphatic rings. The number of nitrogens with zero attached hydrogens (tertiary/aromatic N) is 4. The van der Waals surface area contributed by atoms with Crippen molar-refractivity contribution in [2.24, 2.45) is 0 Å². The summed E-state index contributed by atoms with van der Waals surface area (Å²) in [6.45, 7) is 14.1. The molecule has 672 valence electrons. The molecule has 0 atom stereocenters. The Labute approximate surface area is 825 Å². The van der Waals surface area contributed by atoms with E-state index in [0.717, 1.165) is 127 Å². The lowest BCUT2D eigenvalue weighted by atomic mass is 9.95. The van der Waals surface area contributed by atoms with Crippen molar-refractivity contribution in [1.29, 1.82) is 0 Å². The monoisotopic (exact) mass is 1870 g/mol. The first-order valence-electron chi connectivity index (χ1n) is 47.9. The highest BCUT2D eigenvalue weighted by atomic mass is 32.1. The third-order valence-corrected chi connectivity index (χ3v) is 33.8. The van der Waals surface area contributed by atoms with Crippen molar-refractivity contribution in [2.75, 3.05) is 19.6 Å². The molecule has 2 aromatic heterocycles. The smallest absolute Gasteiger partial charge is 0.155 e. The summed E-state index contributed by atoms with van der Waals surface area (Å²) in [4.78, 5) is 9.02. The van der Waals surface area contributed by atoms with E-state index in [1.807, 2.05) is 133 Å². The van der Waals surface area contributed by atoms with Crippen molar-refractivity contribution in [3.63, 3.8) is 0 Å². The van der Waals surface area contributed by atoms with Crippen LogP contribution in [0.15, 0.2) is 485 Å². The van der Waals surface area contributed by atoms with Crippen LogP contribution in [0.1, 0.15) is 0 Å². The second-order valence-electron chi connectivity index (χ2n) is 38.1. The normalized spacial score (nSPS) is 11.7. The first kappa shape index (κ1) is 87.8. The number of anilines is 12. The van der Waals surface area contributed by atoms with Crippen molar-refractivity contribution in [3.8, 4) is 66.8 Å². The van der Waals surface area contributed by atoms with Gasteiger partial charge in [-0.15, -0.1) is 22.7 Å². The van der Waals surface area contributed by atoms with Crippen LogP contribution in [0.5, 0.6) is 0 Å². The number of fused-ring (bicyclic) bond motifs is 16. The number of thiophene rings is 2. The lowest BCUT2D eigenvalue weighted by molar-refractivity contribution is 0.632. The van der Waals surface area contributed by atoms with Crippen molar-refractivity contribution in [2.45, 2.75) is 39.3 Å². The molecule has 0 bridgehead atoms. The van der Waals surface area contributed by atoms with E-state index in [9.17, 15) is 0 Å². The summed E-state index contributed by atoms with van der Waals surface area (Å²) in [5.74, 6) is -0.580. The van der Waals surface area contributed by atoms with E-state index in [4.69, 9.17) is 0 Å². The Morgan fingerprint density at radius 3 is 0.771 bits per heavy atom. The van der Waals surface area contributed by atoms with Crippen LogP contribution in [0.3, 0.4) is 0 Å². The molecule has 4 nitrogen and oxygen atoms in total. The van der Waals surface area contributed by atoms with Crippen LogP contribution in [0.25, 0.3) is 150 Å². The SMILES string of the molecule is C[Si](C)(C)c1ccc(N(c2ccc3c(c2)sc2c4ccc(N(c5ccc([Si](C)(C)C)cc5)c5cc(-c6ccccc6)cc(-c6ccccc6)c5F)cc4c4ccccc4c32)c2cc(-c3ccccc3)cc(-c3ccccc3)c2F)cc1.c1ccc(-c2ccccc2N(c2ccccc2)c2ccc3c(c2)sc2c4ccc(N(c5ccccc5)c5ccccc5-c5ccccc5)cc4c4ccccc4c32)cc1. The van der Waals surface area contributed by atoms with Gasteiger partial charge in [-0.25, -0.2) is 8.78 Å². The maximum absolute atomic E-state index is 18.0. The molecule has 0 spiro atoms. The highest BCUT2D eigenvalue weighted by Gasteiger charge is 2.30. The lowest BCUT2D eigenvalue weighted by Gasteiger charge is -2.29. The predicted octanol–water partition coefficient (Wildman–Crippen LogP) is 38.0. The Hall–Kier alpha value is -16.2. The maximum atomic E-state index is 18.0. The van der Waals surface area contributed by atoms with E-state index < -0.39 is 16.1 Å². The van der Waals surface area contributed by atoms with E-state index in [1.54, 1.807) is 11.3 Å². The van der Waals surface area contributed by atoms with Crippen LogP contribution in [0.4, 0.5) is 77.0 Å². The molecule has 0 aliphatic heterocycles. The Bertz CT molecular complexity index is 8760. The quantitative estimate of drug-likeness (QED) is 0.0557. The summed E-state index contributed by atoms with van der Waals surface area (Å²) in [7, 11) is -3.33. The zero-order valence-electron chi connectivity index (χ0n) is 78.5. The van der Waals surface area contributed by atoms with Gasteiger partial charge in [0, 0.05) is 119 Å². The van der Waals surface area contributed by atoms with Gasteiger partial charge in [0.2, 0.25) is 0 Å². The van der Waals surface area contributed by atoms with Gasteiger partial charge in [0.25, 0.3) is 0 Å². The van der Waals surface area contributed by atoms with Crippen LogP contribution < -0.4 is 30.0 Å². The van der Waals surface area contributed by atoms with Crippen LogP contribution >= 0.6 is 22.7 Å². The van der Waals surface area contributed by atoms with E-state index in [2.05, 4.69) is 423 Å². The molecule has 140 heavy (non-hydrogen) atoms. The number of hydrogen-bond acceptors (Lipinski definition) is 6. The molecule has 2 heterocycles. The molecule has 0 unspecified atom stereocenters. The largest absolute Gasteiger partial charge is 0.310 e. The van der Waals surface area contributed by atoms with Gasteiger partial charge in [0.15, 0.2) is 11.6 Å². The first-order valence-corrected chi connectivity index (χ1v) is 56.5. The standard InChI is InChI=1S/C74H60F2N2SSi2.C56H38N2S/c1-80(2,3)59-37-31-55(32-38-59)77(68-45-53(49-21-11-7-12-22-49)43-65(72(68)75)51-25-15-9-16-26-51)57-35-41-63-67(47-57)61-29-19-20-30-62(61)71-64-42-36-58(48-70(64)79-74(63)71)78(56-33-39-60(40-34-56)81(4,5)6)69-46-54(50-23-13-8-14-24-50)44-66(73(69)76)52-27-17-10-18-28-52;1-5-19-39(20-6-1)45-27-15-17-31-52(45)57(41-23-9-3-10-24-41)43-33-35-49-51(37-43)47-29-13-14-30-48(47)55-50-36-34-44(38-54(50)59-56(49)55)58(42-25-11-4-12-26-42)53-32-18-16-28-46(53)40-21-7-2-8-22-40/h7-48H,1-6H3;1-38H. The van der Waals surface area contributed by atoms with Gasteiger partial charge in [-0.05, 0) is 210 Å². The molecular formula is C130H98F2N4S2Si2. The van der Waals surface area contributed by atoms with E-state index in [1.165, 1.54) is 79.7 Å². The Morgan fingerprint density at radius 2 is 0.436 bits per heavy atom. The summed E-state index contributed by atoms with van der Waals surface area (Å²) in [6, 6.07) is 171. The number of para-hydroxylation sites is 4. The topological polar surface area (TPSA) is 13.0 Å². The van der Waals surface area contributed by atoms with Crippen LogP contribution in [0, 0.1) is 11.6 Å². The van der Waals surface area contributed by atoms with Gasteiger partial charge in [-0.3, -0.25) is 0 Å². The molecule has 0 radical (unpaired) electrons. The van der Waals surface area contributed by atoms with Gasteiger partial charge in [-0.1, -0.05) is 402 Å². The maximum Gasteiger partial charge on any atom is 0.155 e. The predicted molar refractivity (Wildman–Crippen MR) is 606 cm³/mol. The van der Waals surface area contributed by atoms with E-state index >= 15 is 8.78 Å². The summed E-state index contributed by atoms with van der Waals surface area (Å²) in [6.07, 6.45) is 0. The number of halogens is 2. The second-order valence-corrected chi connectivity index (χ2v) is 50.3. The molecule has 0 fully saturated rings. The molecule has 0 amide bonds. The zero-order valence-corrected chi connectivity index (χ0v) is 82.2. The molecule has 22 aromatic carbocycles. The third-order valence-electron chi connectivity index (χ3n) is 27.3. The Balaban J connectivity index is 0.000000164. The van der Waals surface area contributed by atoms with Gasteiger partial charge in [-0.2, -0.15) is 0 Å². The minimum atomic E-state index is -1.67. The third kappa shape index (κ3) is 16.5. The molecule has 0 N–H and O–H groups in total. The molecule has 0 saturated carbocycles. The van der Waals surface area contributed by atoms with E-state index in [0.29, 0.717) is 22.5 Å². The fourth-order valence-electron chi connectivity index (χ4n) is 20.4. The number of hydrogen-bond donors (Lipinski definition) is 0. The summed E-state index contributed by atoms with van der Waals surface area (Å²) in [5, 5.41) is 17.1. The van der Waals surface area contributed by atoms with Crippen LogP contribution in [0.2, 0.25) is 39.3 Å². The van der Waals surface area contributed by atoms with Gasteiger partial charge in [0.1, 0.15) is 0 Å². The van der Waals surface area contributed by atoms with Crippen LogP contribution in [-0.4, -0.2) is 16.1 Å². The Kier molecular flexibility index (Phi) is 23.2. The fraction of sp³-hybridized carbons (Fsp3) is 0.0462. The molecule has 0 saturated heterocycles. The molecule has 24 rings (SSSR count). The minimum Gasteiger partial charge on any atom is -0.310 e. The first-order chi connectivity index (χ1) is 68.6. The van der Waals surface area contributed by atoms with Crippen molar-refractivity contribution < 1.29 is 8.78 Å². The average Bonchev–Trinajstić information content (AvgIpc) is 1.59. The number of benzene rings is 22. The molecular weight excluding hydrogens is 1780 g/mol. The average molecular weight is 1870 g/mol. The summed E-state index contributed by atoms with van der Waals surface area (Å²) in [5.41, 5.74) is 22.5. The van der Waals surface area contributed by atoms with Crippen LogP contribution in [-0.2, 0) is 0 Å². The van der Waals surface area contributed by atoms with Gasteiger partial charge < -0.3 is 19.6 Å². The molecule has 10 heteroatoms. The van der Waals surface area contributed by atoms with Crippen molar-refractivity contribution >= 4 is 201 Å². The highest BCUT2D eigenvalue weighted by molar-refractivity contribution is 7.27. The van der Waals surface area contributed by atoms with Gasteiger partial charge >= 0.3 is 0 Å². The fourth-order valence-corrected chi connectivity index (χ4v) is 25.3. The van der Waals surface area contributed by atoms with Crippen molar-refractivity contribution in [1.82, 2.24) is 0 Å². The lowest BCUT2D eigenvalue weighted by Crippen LogP contribution is -2.37. The Morgan fingerprint density at radius 1 is 0.179 bits per heavy atom. The van der Waals surface area contributed by atoms with Gasteiger partial charge in [0.05, 0.1) is 38.9 Å². The van der Waals surface area contributed by atoms with E-state index in [-0.39, 0.29) is 11.6 Å². The number of rotatable bonds is 20. The highest BCUT2D eigenvalue weighted by Crippen LogP contribution is 2.54. The summed E-state index contributed by atoms with van der Waals surface area (Å²) >= 11 is 3.66. The van der Waals surface area contributed by atoms with Crippen molar-refractivity contribution in [3.05, 3.63) is 497 Å². The second kappa shape index (κ2) is 37.0. The molecule has 0 aliphatic carbocycles. The minimum absolute atomic E-state index is 0.289. The molecule has 24 aromatic rings. The zero-order chi connectivity index (χ0) is 94.7. The summed E-state index contributed by atoms with van der Waals surface area (Å²) < 4.78 is 40.7.